The van der Waals surface area contributed by atoms with Crippen molar-refractivity contribution in [2.24, 2.45) is 7.05 Å². The Bertz CT molecular complexity index is 602. The Hall–Kier alpha value is -1.14. The van der Waals surface area contributed by atoms with Crippen LogP contribution in [0.4, 0.5) is 0 Å². The molecule has 2 aromatic rings. The fourth-order valence-corrected chi connectivity index (χ4v) is 2.19. The van der Waals surface area contributed by atoms with Crippen molar-refractivity contribution in [1.29, 1.82) is 0 Å². The molecule has 0 amide bonds. The summed E-state index contributed by atoms with van der Waals surface area (Å²) in [6.07, 6.45) is 1.71. The summed E-state index contributed by atoms with van der Waals surface area (Å²) in [7, 11) is 1.75. The summed E-state index contributed by atoms with van der Waals surface area (Å²) in [4.78, 5) is 12.2. The van der Waals surface area contributed by atoms with Gasteiger partial charge in [0, 0.05) is 13.2 Å². The third kappa shape index (κ3) is 2.02. The molecular formula is C10H10BrClN4O. The second-order valence-electron chi connectivity index (χ2n) is 3.70. The van der Waals surface area contributed by atoms with E-state index in [1.54, 1.807) is 31.8 Å². The topological polar surface area (TPSA) is 52.7 Å². The van der Waals surface area contributed by atoms with Gasteiger partial charge < -0.3 is 0 Å². The summed E-state index contributed by atoms with van der Waals surface area (Å²) in [5, 5.41) is 8.69. The molecule has 2 aromatic heterocycles. The maximum absolute atomic E-state index is 12.2. The first-order chi connectivity index (χ1) is 7.91. The largest absolute Gasteiger partial charge is 0.300 e. The van der Waals surface area contributed by atoms with Gasteiger partial charge in [0.1, 0.15) is 0 Å². The highest BCUT2D eigenvalue weighted by Gasteiger charge is 2.21. The lowest BCUT2D eigenvalue weighted by atomic mass is 10.3. The van der Waals surface area contributed by atoms with E-state index in [2.05, 4.69) is 26.1 Å². The smallest absolute Gasteiger partial charge is 0.274 e. The molecule has 0 aliphatic heterocycles. The van der Waals surface area contributed by atoms with Crippen molar-refractivity contribution in [1.82, 2.24) is 19.6 Å². The molecule has 0 atom stereocenters. The summed E-state index contributed by atoms with van der Waals surface area (Å²) < 4.78 is 3.46. The summed E-state index contributed by atoms with van der Waals surface area (Å²) in [5.74, 6) is -0.301. The molecule has 0 saturated carbocycles. The van der Waals surface area contributed by atoms with Gasteiger partial charge in [-0.2, -0.15) is 14.9 Å². The van der Waals surface area contributed by atoms with Gasteiger partial charge in [-0.3, -0.25) is 9.48 Å². The number of hydrogen-bond acceptors (Lipinski definition) is 3. The highest BCUT2D eigenvalue weighted by molar-refractivity contribution is 9.10. The van der Waals surface area contributed by atoms with Crippen molar-refractivity contribution in [2.75, 3.05) is 0 Å². The second kappa shape index (κ2) is 4.27. The van der Waals surface area contributed by atoms with E-state index >= 15 is 0 Å². The van der Waals surface area contributed by atoms with Crippen molar-refractivity contribution < 1.29 is 4.79 Å². The van der Waals surface area contributed by atoms with E-state index in [0.29, 0.717) is 26.6 Å². The van der Waals surface area contributed by atoms with Gasteiger partial charge in [0.05, 0.1) is 20.9 Å². The first kappa shape index (κ1) is 12.3. The zero-order valence-corrected chi connectivity index (χ0v) is 11.9. The van der Waals surface area contributed by atoms with Crippen molar-refractivity contribution in [3.8, 4) is 0 Å². The van der Waals surface area contributed by atoms with Gasteiger partial charge in [-0.1, -0.05) is 11.6 Å². The SMILES string of the molecule is Cc1nn(C(=O)c2nn(C)cc2Br)c(C)c1Cl. The fourth-order valence-electron chi connectivity index (χ4n) is 1.53. The third-order valence-corrected chi connectivity index (χ3v) is 3.51. The second-order valence-corrected chi connectivity index (χ2v) is 4.93. The van der Waals surface area contributed by atoms with E-state index in [9.17, 15) is 4.79 Å². The fraction of sp³-hybridized carbons (Fsp3) is 0.300. The highest BCUT2D eigenvalue weighted by atomic mass is 79.9. The molecule has 17 heavy (non-hydrogen) atoms. The van der Waals surface area contributed by atoms with Gasteiger partial charge in [0.2, 0.25) is 0 Å². The number of carbonyl (C=O) groups is 1. The minimum Gasteiger partial charge on any atom is -0.274 e. The molecule has 0 saturated heterocycles. The Balaban J connectivity index is 2.51. The normalized spacial score (nSPS) is 10.9. The lowest BCUT2D eigenvalue weighted by molar-refractivity contribution is 0.0936. The number of halogens is 2. The summed E-state index contributed by atoms with van der Waals surface area (Å²) >= 11 is 9.29. The average Bonchev–Trinajstić information content (AvgIpc) is 2.72. The maximum atomic E-state index is 12.2. The number of aromatic nitrogens is 4. The summed E-state index contributed by atoms with van der Waals surface area (Å²) in [6, 6.07) is 0. The molecule has 0 fully saturated rings. The van der Waals surface area contributed by atoms with Gasteiger partial charge in [0.25, 0.3) is 5.91 Å². The van der Waals surface area contributed by atoms with E-state index in [4.69, 9.17) is 11.6 Å². The molecule has 0 radical (unpaired) electrons. The number of rotatable bonds is 1. The van der Waals surface area contributed by atoms with Crippen LogP contribution < -0.4 is 0 Å². The number of aryl methyl sites for hydroxylation is 2. The van der Waals surface area contributed by atoms with E-state index in [1.165, 1.54) is 4.68 Å². The number of carbonyl (C=O) groups excluding carboxylic acids is 1. The zero-order chi connectivity index (χ0) is 12.7. The van der Waals surface area contributed by atoms with Gasteiger partial charge in [-0.25, -0.2) is 0 Å². The van der Waals surface area contributed by atoms with Gasteiger partial charge in [-0.05, 0) is 29.8 Å². The van der Waals surface area contributed by atoms with Crippen molar-refractivity contribution in [2.45, 2.75) is 13.8 Å². The van der Waals surface area contributed by atoms with Crippen LogP contribution in [0.3, 0.4) is 0 Å². The Morgan fingerprint density at radius 3 is 2.47 bits per heavy atom. The van der Waals surface area contributed by atoms with E-state index in [0.717, 1.165) is 0 Å². The molecule has 0 aliphatic rings. The molecule has 2 rings (SSSR count). The van der Waals surface area contributed by atoms with Crippen LogP contribution in [0.5, 0.6) is 0 Å². The van der Waals surface area contributed by atoms with Crippen LogP contribution in [-0.2, 0) is 7.05 Å². The van der Waals surface area contributed by atoms with Gasteiger partial charge >= 0.3 is 0 Å². The van der Waals surface area contributed by atoms with E-state index in [-0.39, 0.29) is 5.91 Å². The Kier molecular flexibility index (Phi) is 3.09. The molecule has 7 heteroatoms. The molecule has 90 valence electrons. The highest BCUT2D eigenvalue weighted by Crippen LogP contribution is 2.21. The molecule has 2 heterocycles. The van der Waals surface area contributed by atoms with Crippen molar-refractivity contribution in [3.63, 3.8) is 0 Å². The van der Waals surface area contributed by atoms with Gasteiger partial charge in [-0.15, -0.1) is 0 Å². The molecule has 0 unspecified atom stereocenters. The Labute approximate surface area is 111 Å². The Morgan fingerprint density at radius 2 is 2.06 bits per heavy atom. The molecule has 0 aromatic carbocycles. The van der Waals surface area contributed by atoms with Crippen LogP contribution >= 0.6 is 27.5 Å². The van der Waals surface area contributed by atoms with Crippen molar-refractivity contribution >= 4 is 33.4 Å². The molecule has 0 aliphatic carbocycles. The third-order valence-electron chi connectivity index (χ3n) is 2.38. The molecular weight excluding hydrogens is 307 g/mol. The van der Waals surface area contributed by atoms with Crippen LogP contribution in [0.25, 0.3) is 0 Å². The monoisotopic (exact) mass is 316 g/mol. The number of nitrogens with zero attached hydrogens (tertiary/aromatic N) is 4. The molecule has 0 bridgehead atoms. The minimum absolute atomic E-state index is 0.301. The number of hydrogen-bond donors (Lipinski definition) is 0. The summed E-state index contributed by atoms with van der Waals surface area (Å²) in [6.45, 7) is 3.50. The van der Waals surface area contributed by atoms with E-state index in [1.807, 2.05) is 0 Å². The van der Waals surface area contributed by atoms with Gasteiger partial charge in [0.15, 0.2) is 5.69 Å². The molecule has 0 spiro atoms. The van der Waals surface area contributed by atoms with Crippen LogP contribution in [0.2, 0.25) is 5.02 Å². The van der Waals surface area contributed by atoms with Crippen LogP contribution in [-0.4, -0.2) is 25.5 Å². The molecule has 5 nitrogen and oxygen atoms in total. The maximum Gasteiger partial charge on any atom is 0.300 e. The quantitative estimate of drug-likeness (QED) is 0.811. The summed E-state index contributed by atoms with van der Waals surface area (Å²) in [5.41, 5.74) is 1.56. The standard InChI is InChI=1S/C10H10BrClN4O/c1-5-8(12)6(2)16(13-5)10(17)9-7(11)4-15(3)14-9/h4H,1-3H3. The van der Waals surface area contributed by atoms with E-state index < -0.39 is 0 Å². The predicted molar refractivity (Wildman–Crippen MR) is 67.3 cm³/mol. The molecule has 0 N–H and O–H groups in total. The first-order valence-electron chi connectivity index (χ1n) is 4.87. The lowest BCUT2D eigenvalue weighted by Crippen LogP contribution is -2.16. The predicted octanol–water partition coefficient (Wildman–Crippen LogP) is 2.34. The van der Waals surface area contributed by atoms with Crippen LogP contribution in [0.1, 0.15) is 21.9 Å². The zero-order valence-electron chi connectivity index (χ0n) is 9.53. The average molecular weight is 318 g/mol. The van der Waals surface area contributed by atoms with Crippen LogP contribution in [0.15, 0.2) is 10.7 Å². The first-order valence-corrected chi connectivity index (χ1v) is 6.04. The van der Waals surface area contributed by atoms with Crippen LogP contribution in [0, 0.1) is 13.8 Å². The lowest BCUT2D eigenvalue weighted by Gasteiger charge is -2.00. The van der Waals surface area contributed by atoms with Crippen molar-refractivity contribution in [3.05, 3.63) is 32.8 Å². The minimum atomic E-state index is -0.301. The Morgan fingerprint density at radius 1 is 1.41 bits per heavy atom.